The van der Waals surface area contributed by atoms with Crippen molar-refractivity contribution in [2.24, 2.45) is 23.6 Å². The summed E-state index contributed by atoms with van der Waals surface area (Å²) in [5, 5.41) is 0. The first-order valence-electron chi connectivity index (χ1n) is 7.43. The summed E-state index contributed by atoms with van der Waals surface area (Å²) in [6, 6.07) is 8.89. The van der Waals surface area contributed by atoms with Gasteiger partial charge in [-0.1, -0.05) is 35.8 Å². The molecule has 0 aliphatic heterocycles. The molecule has 0 aromatic heterocycles. The molecule has 0 radical (unpaired) electrons. The Balaban J connectivity index is 1.91. The Morgan fingerprint density at radius 2 is 2.00 bits per heavy atom. The third-order valence-electron chi connectivity index (χ3n) is 4.22. The van der Waals surface area contributed by atoms with E-state index in [1.165, 1.54) is 24.2 Å². The largest absolute Gasteiger partial charge is 0.271 e. The molecule has 1 aliphatic carbocycles. The Kier molecular flexibility index (Phi) is 6.40. The van der Waals surface area contributed by atoms with E-state index in [-0.39, 0.29) is 0 Å². The van der Waals surface area contributed by atoms with Crippen LogP contribution in [-0.4, -0.2) is 11.8 Å². The molecule has 1 aliphatic rings. The van der Waals surface area contributed by atoms with E-state index >= 15 is 0 Å². The highest BCUT2D eigenvalue weighted by atomic mass is 79.9. The maximum Gasteiger partial charge on any atom is 0.0333 e. The van der Waals surface area contributed by atoms with Gasteiger partial charge in [-0.25, -0.2) is 0 Å². The second-order valence-corrected chi connectivity index (χ2v) is 8.23. The van der Waals surface area contributed by atoms with Crippen LogP contribution in [0.5, 0.6) is 0 Å². The number of hydrazine groups is 1. The molecule has 2 rings (SSSR count). The number of hydrogen-bond acceptors (Lipinski definition) is 3. The summed E-state index contributed by atoms with van der Waals surface area (Å²) >= 11 is 5.42. The minimum atomic E-state index is 0.407. The van der Waals surface area contributed by atoms with E-state index < -0.39 is 0 Å². The highest BCUT2D eigenvalue weighted by Gasteiger charge is 2.29. The normalized spacial score (nSPS) is 28.3. The summed E-state index contributed by atoms with van der Waals surface area (Å²) in [6.07, 6.45) is 3.98. The smallest absolute Gasteiger partial charge is 0.0333 e. The molecule has 0 bridgehead atoms. The van der Waals surface area contributed by atoms with Gasteiger partial charge in [0.2, 0.25) is 0 Å². The van der Waals surface area contributed by atoms with Crippen molar-refractivity contribution in [1.29, 1.82) is 0 Å². The summed E-state index contributed by atoms with van der Waals surface area (Å²) < 4.78 is 1.14. The molecule has 1 saturated carbocycles. The van der Waals surface area contributed by atoms with E-state index in [0.29, 0.717) is 12.0 Å². The van der Waals surface area contributed by atoms with E-state index in [2.05, 4.69) is 59.5 Å². The van der Waals surface area contributed by atoms with E-state index in [0.717, 1.165) is 22.1 Å². The predicted octanol–water partition coefficient (Wildman–Crippen LogP) is 4.45. The van der Waals surface area contributed by atoms with Crippen LogP contribution in [-0.2, 0) is 0 Å². The molecule has 0 heterocycles. The molecule has 3 atom stereocenters. The molecule has 0 amide bonds. The molecular weight excluding hydrogens is 332 g/mol. The van der Waals surface area contributed by atoms with Crippen molar-refractivity contribution in [3.05, 3.63) is 28.7 Å². The summed E-state index contributed by atoms with van der Waals surface area (Å²) in [6.45, 7) is 4.75. The maximum absolute atomic E-state index is 5.82. The molecule has 0 spiro atoms. The molecule has 20 heavy (non-hydrogen) atoms. The molecule has 2 nitrogen and oxygen atoms in total. The number of rotatable bonds is 5. The summed E-state index contributed by atoms with van der Waals surface area (Å²) in [4.78, 5) is 1.30. The average Bonchev–Trinajstić information content (AvgIpc) is 2.38. The fourth-order valence-corrected chi connectivity index (χ4v) is 5.08. The van der Waals surface area contributed by atoms with E-state index in [1.54, 1.807) is 0 Å². The summed E-state index contributed by atoms with van der Waals surface area (Å²) in [7, 11) is 0. The zero-order valence-electron chi connectivity index (χ0n) is 12.3. The second-order valence-electron chi connectivity index (χ2n) is 6.22. The van der Waals surface area contributed by atoms with E-state index in [4.69, 9.17) is 5.84 Å². The van der Waals surface area contributed by atoms with Crippen LogP contribution < -0.4 is 11.3 Å². The lowest BCUT2D eigenvalue weighted by Crippen LogP contribution is -2.45. The van der Waals surface area contributed by atoms with E-state index in [9.17, 15) is 0 Å². The number of benzene rings is 1. The molecule has 112 valence electrons. The molecular formula is C16H25BrN2S. The van der Waals surface area contributed by atoms with Crippen molar-refractivity contribution in [1.82, 2.24) is 5.43 Å². The molecule has 4 heteroatoms. The van der Waals surface area contributed by atoms with Gasteiger partial charge < -0.3 is 0 Å². The van der Waals surface area contributed by atoms with Crippen LogP contribution in [0.25, 0.3) is 0 Å². The Morgan fingerprint density at radius 1 is 1.30 bits per heavy atom. The van der Waals surface area contributed by atoms with Crippen molar-refractivity contribution in [2.75, 3.05) is 5.75 Å². The first-order valence-corrected chi connectivity index (χ1v) is 9.20. The first kappa shape index (κ1) is 16.3. The number of hydrogen-bond donors (Lipinski definition) is 2. The van der Waals surface area contributed by atoms with Gasteiger partial charge >= 0.3 is 0 Å². The minimum absolute atomic E-state index is 0.407. The van der Waals surface area contributed by atoms with Gasteiger partial charge in [-0.15, -0.1) is 11.8 Å². The molecule has 1 aromatic rings. The quantitative estimate of drug-likeness (QED) is 0.465. The zero-order valence-corrected chi connectivity index (χ0v) is 14.7. The van der Waals surface area contributed by atoms with Crippen LogP contribution in [0.4, 0.5) is 0 Å². The monoisotopic (exact) mass is 356 g/mol. The lowest BCUT2D eigenvalue weighted by molar-refractivity contribution is 0.185. The van der Waals surface area contributed by atoms with Crippen LogP contribution >= 0.6 is 27.7 Å². The Labute approximate surface area is 135 Å². The summed E-state index contributed by atoms with van der Waals surface area (Å²) in [5.41, 5.74) is 3.07. The third kappa shape index (κ3) is 4.76. The SMILES string of the molecule is CC1CC(C)CC(C(CSc2cccc(Br)c2)NN)C1. The lowest BCUT2D eigenvalue weighted by atomic mass is 9.74. The highest BCUT2D eigenvalue weighted by molar-refractivity contribution is 9.10. The fourth-order valence-electron chi connectivity index (χ4n) is 3.40. The minimum Gasteiger partial charge on any atom is -0.271 e. The van der Waals surface area contributed by atoms with Gasteiger partial charge in [-0.05, 0) is 55.2 Å². The number of nitrogens with two attached hydrogens (primary N) is 1. The number of thioether (sulfide) groups is 1. The van der Waals surface area contributed by atoms with Gasteiger partial charge in [0.15, 0.2) is 0 Å². The molecule has 1 aromatic carbocycles. The first-order chi connectivity index (χ1) is 9.58. The standard InChI is InChI=1S/C16H25BrN2S/c1-11-6-12(2)8-13(7-11)16(19-18)10-20-15-5-3-4-14(17)9-15/h3-5,9,11-13,16,19H,6-8,10,18H2,1-2H3. The Hall–Kier alpha value is -0.0300. The highest BCUT2D eigenvalue weighted by Crippen LogP contribution is 2.36. The summed E-state index contributed by atoms with van der Waals surface area (Å²) in [5.74, 6) is 9.22. The molecule has 1 fully saturated rings. The topological polar surface area (TPSA) is 38.0 Å². The molecule has 0 saturated heterocycles. The Morgan fingerprint density at radius 3 is 2.60 bits per heavy atom. The molecule has 3 N–H and O–H groups in total. The van der Waals surface area contributed by atoms with E-state index in [1.807, 2.05) is 11.8 Å². The van der Waals surface area contributed by atoms with Gasteiger partial charge in [-0.2, -0.15) is 0 Å². The van der Waals surface area contributed by atoms with Crippen LogP contribution in [0, 0.1) is 17.8 Å². The third-order valence-corrected chi connectivity index (χ3v) is 5.83. The van der Waals surface area contributed by atoms with Crippen molar-refractivity contribution in [3.8, 4) is 0 Å². The van der Waals surface area contributed by atoms with Crippen molar-refractivity contribution < 1.29 is 0 Å². The van der Waals surface area contributed by atoms with Gasteiger partial charge in [0.1, 0.15) is 0 Å². The zero-order chi connectivity index (χ0) is 14.5. The fraction of sp³-hybridized carbons (Fsp3) is 0.625. The second kappa shape index (κ2) is 7.83. The van der Waals surface area contributed by atoms with Crippen LogP contribution in [0.1, 0.15) is 33.1 Å². The lowest BCUT2D eigenvalue weighted by Gasteiger charge is -2.36. The number of nitrogens with one attached hydrogen (secondary N) is 1. The van der Waals surface area contributed by atoms with Gasteiger partial charge in [0.05, 0.1) is 0 Å². The maximum atomic E-state index is 5.82. The van der Waals surface area contributed by atoms with Crippen LogP contribution in [0.3, 0.4) is 0 Å². The number of halogens is 1. The Bertz CT molecular complexity index is 417. The van der Waals surface area contributed by atoms with Crippen molar-refractivity contribution in [2.45, 2.75) is 44.0 Å². The van der Waals surface area contributed by atoms with Crippen LogP contribution in [0.2, 0.25) is 0 Å². The van der Waals surface area contributed by atoms with Crippen LogP contribution in [0.15, 0.2) is 33.6 Å². The average molecular weight is 357 g/mol. The van der Waals surface area contributed by atoms with Gasteiger partial charge in [-0.3, -0.25) is 11.3 Å². The van der Waals surface area contributed by atoms with Crippen molar-refractivity contribution >= 4 is 27.7 Å². The predicted molar refractivity (Wildman–Crippen MR) is 91.6 cm³/mol. The van der Waals surface area contributed by atoms with Gasteiger partial charge in [0.25, 0.3) is 0 Å². The van der Waals surface area contributed by atoms with Gasteiger partial charge in [0, 0.05) is 21.2 Å². The van der Waals surface area contributed by atoms with Crippen molar-refractivity contribution in [3.63, 3.8) is 0 Å². The molecule has 3 unspecified atom stereocenters.